The third-order valence-corrected chi connectivity index (χ3v) is 4.47. The minimum Gasteiger partial charge on any atom is -0.322 e. The first kappa shape index (κ1) is 14.1. The van der Waals surface area contributed by atoms with Crippen molar-refractivity contribution in [3.63, 3.8) is 0 Å². The Labute approximate surface area is 114 Å². The van der Waals surface area contributed by atoms with Gasteiger partial charge in [0.1, 0.15) is 0 Å². The Bertz CT molecular complexity index is 472. The van der Waals surface area contributed by atoms with E-state index < -0.39 is 0 Å². The van der Waals surface area contributed by atoms with Crippen molar-refractivity contribution in [1.82, 2.24) is 15.1 Å². The molecule has 0 unspecified atom stereocenters. The zero-order valence-electron chi connectivity index (χ0n) is 12.3. The molecule has 2 heterocycles. The van der Waals surface area contributed by atoms with Crippen molar-refractivity contribution in [2.45, 2.75) is 40.0 Å². The monoisotopic (exact) mass is 264 g/mol. The number of piperidine rings is 1. The van der Waals surface area contributed by atoms with E-state index in [0.717, 1.165) is 49.4 Å². The SMILES string of the molecule is CCC1(C(=O)Nc2c(C)nn(C)c2C)CCNCC1. The van der Waals surface area contributed by atoms with Crippen LogP contribution in [0.4, 0.5) is 5.69 Å². The van der Waals surface area contributed by atoms with E-state index in [9.17, 15) is 4.79 Å². The van der Waals surface area contributed by atoms with Gasteiger partial charge in [-0.2, -0.15) is 5.10 Å². The van der Waals surface area contributed by atoms with Gasteiger partial charge >= 0.3 is 0 Å². The number of rotatable bonds is 3. The summed E-state index contributed by atoms with van der Waals surface area (Å²) in [7, 11) is 1.90. The van der Waals surface area contributed by atoms with Crippen LogP contribution in [0, 0.1) is 19.3 Å². The summed E-state index contributed by atoms with van der Waals surface area (Å²) in [6.07, 6.45) is 2.71. The highest BCUT2D eigenvalue weighted by Crippen LogP contribution is 2.34. The van der Waals surface area contributed by atoms with E-state index >= 15 is 0 Å². The van der Waals surface area contributed by atoms with Gasteiger partial charge in [0.05, 0.1) is 22.5 Å². The molecule has 0 bridgehead atoms. The van der Waals surface area contributed by atoms with Gasteiger partial charge in [-0.1, -0.05) is 6.92 Å². The first-order valence-electron chi connectivity index (χ1n) is 7.02. The Hall–Kier alpha value is -1.36. The van der Waals surface area contributed by atoms with Gasteiger partial charge in [0, 0.05) is 7.05 Å². The van der Waals surface area contributed by atoms with Gasteiger partial charge in [-0.15, -0.1) is 0 Å². The average molecular weight is 264 g/mol. The zero-order valence-corrected chi connectivity index (χ0v) is 12.3. The summed E-state index contributed by atoms with van der Waals surface area (Å²) in [5.41, 5.74) is 2.54. The van der Waals surface area contributed by atoms with Crippen LogP contribution in [0.25, 0.3) is 0 Å². The number of hydrogen-bond acceptors (Lipinski definition) is 3. The Kier molecular flexibility index (Phi) is 3.94. The third kappa shape index (κ3) is 2.52. The lowest BCUT2D eigenvalue weighted by molar-refractivity contribution is -0.127. The predicted molar refractivity (Wildman–Crippen MR) is 76.1 cm³/mol. The fraction of sp³-hybridized carbons (Fsp3) is 0.714. The van der Waals surface area contributed by atoms with Gasteiger partial charge in [-0.05, 0) is 46.2 Å². The second-order valence-corrected chi connectivity index (χ2v) is 5.51. The molecular formula is C14H24N4O. The lowest BCUT2D eigenvalue weighted by Gasteiger charge is -2.35. The molecule has 0 aliphatic carbocycles. The second kappa shape index (κ2) is 5.33. The van der Waals surface area contributed by atoms with Crippen molar-refractivity contribution < 1.29 is 4.79 Å². The van der Waals surface area contributed by atoms with Gasteiger partial charge in [-0.3, -0.25) is 9.48 Å². The van der Waals surface area contributed by atoms with E-state index in [0.29, 0.717) is 0 Å². The second-order valence-electron chi connectivity index (χ2n) is 5.51. The maximum atomic E-state index is 12.7. The zero-order chi connectivity index (χ0) is 14.0. The molecule has 1 aliphatic heterocycles. The number of amides is 1. The van der Waals surface area contributed by atoms with Gasteiger partial charge in [-0.25, -0.2) is 0 Å². The topological polar surface area (TPSA) is 59.0 Å². The Morgan fingerprint density at radius 3 is 2.53 bits per heavy atom. The fourth-order valence-electron chi connectivity index (χ4n) is 2.85. The van der Waals surface area contributed by atoms with E-state index in [1.807, 2.05) is 25.6 Å². The van der Waals surface area contributed by atoms with Crippen LogP contribution in [0.2, 0.25) is 0 Å². The summed E-state index contributed by atoms with van der Waals surface area (Å²) in [5, 5.41) is 10.8. The molecule has 5 heteroatoms. The minimum absolute atomic E-state index is 0.149. The van der Waals surface area contributed by atoms with Gasteiger partial charge in [0.25, 0.3) is 0 Å². The molecule has 2 rings (SSSR count). The van der Waals surface area contributed by atoms with Crippen LogP contribution in [-0.2, 0) is 11.8 Å². The highest BCUT2D eigenvalue weighted by Gasteiger charge is 2.38. The first-order chi connectivity index (χ1) is 9.00. The molecule has 1 fully saturated rings. The number of anilines is 1. The lowest BCUT2D eigenvalue weighted by Crippen LogP contribution is -2.44. The Morgan fingerprint density at radius 1 is 1.42 bits per heavy atom. The van der Waals surface area contributed by atoms with E-state index in [-0.39, 0.29) is 11.3 Å². The third-order valence-electron chi connectivity index (χ3n) is 4.47. The van der Waals surface area contributed by atoms with Crippen molar-refractivity contribution in [3.05, 3.63) is 11.4 Å². The predicted octanol–water partition coefficient (Wildman–Crippen LogP) is 1.76. The first-order valence-corrected chi connectivity index (χ1v) is 7.02. The molecular weight excluding hydrogens is 240 g/mol. The summed E-state index contributed by atoms with van der Waals surface area (Å²) in [6, 6.07) is 0. The van der Waals surface area contributed by atoms with Crippen molar-refractivity contribution in [3.8, 4) is 0 Å². The number of aryl methyl sites for hydroxylation is 2. The maximum absolute atomic E-state index is 12.7. The normalized spacial score (nSPS) is 18.3. The molecule has 1 saturated heterocycles. The van der Waals surface area contributed by atoms with Crippen molar-refractivity contribution in [1.29, 1.82) is 0 Å². The number of nitrogens with one attached hydrogen (secondary N) is 2. The molecule has 2 N–H and O–H groups in total. The average Bonchev–Trinajstić information content (AvgIpc) is 2.66. The van der Waals surface area contributed by atoms with Crippen molar-refractivity contribution in [2.24, 2.45) is 12.5 Å². The van der Waals surface area contributed by atoms with Crippen LogP contribution in [-0.4, -0.2) is 28.8 Å². The number of aromatic nitrogens is 2. The molecule has 1 amide bonds. The molecule has 5 nitrogen and oxygen atoms in total. The van der Waals surface area contributed by atoms with E-state index in [2.05, 4.69) is 22.7 Å². The van der Waals surface area contributed by atoms with E-state index in [4.69, 9.17) is 0 Å². The Balaban J connectivity index is 2.19. The van der Waals surface area contributed by atoms with Crippen LogP contribution < -0.4 is 10.6 Å². The van der Waals surface area contributed by atoms with E-state index in [1.165, 1.54) is 0 Å². The van der Waals surface area contributed by atoms with Crippen LogP contribution in [0.5, 0.6) is 0 Å². The molecule has 1 aliphatic rings. The number of carbonyl (C=O) groups is 1. The molecule has 0 saturated carbocycles. The van der Waals surface area contributed by atoms with Crippen LogP contribution in [0.3, 0.4) is 0 Å². The summed E-state index contributed by atoms with van der Waals surface area (Å²) in [6.45, 7) is 7.87. The minimum atomic E-state index is -0.222. The van der Waals surface area contributed by atoms with E-state index in [1.54, 1.807) is 0 Å². The largest absolute Gasteiger partial charge is 0.322 e. The molecule has 106 valence electrons. The van der Waals surface area contributed by atoms with Gasteiger partial charge in [0.2, 0.25) is 5.91 Å². The van der Waals surface area contributed by atoms with Crippen LogP contribution in [0.1, 0.15) is 37.6 Å². The van der Waals surface area contributed by atoms with Gasteiger partial charge < -0.3 is 10.6 Å². The summed E-state index contributed by atoms with van der Waals surface area (Å²) >= 11 is 0. The molecule has 19 heavy (non-hydrogen) atoms. The number of hydrogen-bond donors (Lipinski definition) is 2. The number of nitrogens with zero attached hydrogens (tertiary/aromatic N) is 2. The molecule has 0 radical (unpaired) electrons. The molecule has 0 spiro atoms. The quantitative estimate of drug-likeness (QED) is 0.874. The highest BCUT2D eigenvalue weighted by atomic mass is 16.2. The maximum Gasteiger partial charge on any atom is 0.230 e. The van der Waals surface area contributed by atoms with Gasteiger partial charge in [0.15, 0.2) is 0 Å². The molecule has 0 atom stereocenters. The van der Waals surface area contributed by atoms with Crippen molar-refractivity contribution in [2.75, 3.05) is 18.4 Å². The smallest absolute Gasteiger partial charge is 0.230 e. The highest BCUT2D eigenvalue weighted by molar-refractivity contribution is 5.96. The summed E-state index contributed by atoms with van der Waals surface area (Å²) in [5.74, 6) is 0.149. The molecule has 1 aromatic heterocycles. The van der Waals surface area contributed by atoms with Crippen molar-refractivity contribution >= 4 is 11.6 Å². The Morgan fingerprint density at radius 2 is 2.05 bits per heavy atom. The number of carbonyl (C=O) groups excluding carboxylic acids is 1. The van der Waals surface area contributed by atoms with Crippen LogP contribution >= 0.6 is 0 Å². The molecule has 0 aromatic carbocycles. The fourth-order valence-corrected chi connectivity index (χ4v) is 2.85. The lowest BCUT2D eigenvalue weighted by atomic mass is 9.76. The summed E-state index contributed by atoms with van der Waals surface area (Å²) in [4.78, 5) is 12.7. The summed E-state index contributed by atoms with van der Waals surface area (Å²) < 4.78 is 1.81. The van der Waals surface area contributed by atoms with Crippen LogP contribution in [0.15, 0.2) is 0 Å². The molecule has 1 aromatic rings. The standard InChI is InChI=1S/C14H24N4O/c1-5-14(6-8-15-9-7-14)13(19)16-12-10(2)17-18(4)11(12)3/h15H,5-9H2,1-4H3,(H,16,19).